The molecule has 0 radical (unpaired) electrons. The Balaban J connectivity index is 1.77. The molecule has 1 heterocycles. The highest BCUT2D eigenvalue weighted by molar-refractivity contribution is 5.91. The number of benzene rings is 2. The molecule has 2 aromatic rings. The molecule has 2 aromatic carbocycles. The van der Waals surface area contributed by atoms with Crippen LogP contribution in [0, 0.1) is 0 Å². The van der Waals surface area contributed by atoms with Gasteiger partial charge in [0.2, 0.25) is 0 Å². The van der Waals surface area contributed by atoms with Crippen LogP contribution in [-0.4, -0.2) is 30.5 Å². The molecular weight excluding hydrogens is 282 g/mol. The van der Waals surface area contributed by atoms with Gasteiger partial charge in [-0.05, 0) is 17.7 Å². The molecule has 0 fully saturated rings. The van der Waals surface area contributed by atoms with Gasteiger partial charge in [-0.1, -0.05) is 42.5 Å². The first kappa shape index (κ1) is 14.4. The Morgan fingerprint density at radius 1 is 1.18 bits per heavy atom. The summed E-state index contributed by atoms with van der Waals surface area (Å²) in [4.78, 5) is 13.9. The van der Waals surface area contributed by atoms with Crippen molar-refractivity contribution in [2.45, 2.75) is 12.6 Å². The van der Waals surface area contributed by atoms with Crippen LogP contribution < -0.4 is 9.64 Å². The van der Waals surface area contributed by atoms with E-state index in [1.54, 1.807) is 12.1 Å². The average molecular weight is 299 g/mol. The molecule has 1 unspecified atom stereocenters. The number of amides is 1. The number of anilines is 1. The fourth-order valence-corrected chi connectivity index (χ4v) is 2.41. The SMILES string of the molecule is O=C(OCc1ccccc1)N1c2ccccc2OCC1CO. The summed E-state index contributed by atoms with van der Waals surface area (Å²) in [5.74, 6) is 0.615. The molecule has 114 valence electrons. The third kappa shape index (κ3) is 2.89. The predicted octanol–water partition coefficient (Wildman–Crippen LogP) is 2.58. The second-order valence-electron chi connectivity index (χ2n) is 5.03. The number of hydrogen-bond donors (Lipinski definition) is 1. The maximum absolute atomic E-state index is 12.4. The topological polar surface area (TPSA) is 59.0 Å². The van der Waals surface area contributed by atoms with E-state index in [0.717, 1.165) is 5.56 Å². The Kier molecular flexibility index (Phi) is 4.25. The van der Waals surface area contributed by atoms with E-state index in [1.807, 2.05) is 42.5 Å². The van der Waals surface area contributed by atoms with E-state index in [-0.39, 0.29) is 19.8 Å². The van der Waals surface area contributed by atoms with Gasteiger partial charge in [-0.15, -0.1) is 0 Å². The molecule has 0 aromatic heterocycles. The van der Waals surface area contributed by atoms with Crippen molar-refractivity contribution in [2.75, 3.05) is 18.1 Å². The summed E-state index contributed by atoms with van der Waals surface area (Å²) in [6.45, 7) is 0.250. The van der Waals surface area contributed by atoms with Crippen LogP contribution in [0.1, 0.15) is 5.56 Å². The zero-order valence-corrected chi connectivity index (χ0v) is 12.0. The number of rotatable bonds is 3. The summed E-state index contributed by atoms with van der Waals surface area (Å²) in [5.41, 5.74) is 1.53. The minimum atomic E-state index is -0.487. The van der Waals surface area contributed by atoms with Gasteiger partial charge in [-0.25, -0.2) is 4.79 Å². The fraction of sp³-hybridized carbons (Fsp3) is 0.235. The molecule has 0 saturated carbocycles. The van der Waals surface area contributed by atoms with E-state index in [1.165, 1.54) is 4.90 Å². The summed E-state index contributed by atoms with van der Waals surface area (Å²) in [7, 11) is 0. The van der Waals surface area contributed by atoms with Crippen LogP contribution in [0.3, 0.4) is 0 Å². The summed E-state index contributed by atoms with van der Waals surface area (Å²) in [6, 6.07) is 16.3. The van der Waals surface area contributed by atoms with E-state index >= 15 is 0 Å². The van der Waals surface area contributed by atoms with Crippen LogP contribution in [0.5, 0.6) is 5.75 Å². The zero-order chi connectivity index (χ0) is 15.4. The third-order valence-electron chi connectivity index (χ3n) is 3.53. The number of aliphatic hydroxyl groups is 1. The van der Waals surface area contributed by atoms with Crippen LogP contribution in [0.25, 0.3) is 0 Å². The van der Waals surface area contributed by atoms with Gasteiger partial charge in [0.05, 0.1) is 18.3 Å². The van der Waals surface area contributed by atoms with Crippen molar-refractivity contribution in [3.05, 3.63) is 60.2 Å². The third-order valence-corrected chi connectivity index (χ3v) is 3.53. The number of fused-ring (bicyclic) bond motifs is 1. The number of aliphatic hydroxyl groups excluding tert-OH is 1. The second-order valence-corrected chi connectivity index (χ2v) is 5.03. The highest BCUT2D eigenvalue weighted by Gasteiger charge is 2.32. The van der Waals surface area contributed by atoms with E-state index in [9.17, 15) is 9.90 Å². The monoisotopic (exact) mass is 299 g/mol. The lowest BCUT2D eigenvalue weighted by Crippen LogP contribution is -2.49. The predicted molar refractivity (Wildman–Crippen MR) is 81.9 cm³/mol. The first-order valence-electron chi connectivity index (χ1n) is 7.12. The lowest BCUT2D eigenvalue weighted by Gasteiger charge is -2.35. The van der Waals surface area contributed by atoms with E-state index < -0.39 is 12.1 Å². The first-order chi connectivity index (χ1) is 10.8. The number of ether oxygens (including phenoxy) is 2. The maximum Gasteiger partial charge on any atom is 0.415 e. The van der Waals surface area contributed by atoms with Crippen LogP contribution in [0.2, 0.25) is 0 Å². The summed E-state index contributed by atoms with van der Waals surface area (Å²) in [6.07, 6.45) is -0.487. The lowest BCUT2D eigenvalue weighted by atomic mass is 10.2. The molecule has 0 aliphatic carbocycles. The van der Waals surface area contributed by atoms with Crippen LogP contribution >= 0.6 is 0 Å². The van der Waals surface area contributed by atoms with Gasteiger partial charge in [0, 0.05) is 0 Å². The quantitative estimate of drug-likeness (QED) is 0.946. The van der Waals surface area contributed by atoms with Gasteiger partial charge in [-0.3, -0.25) is 4.90 Å². The fourth-order valence-electron chi connectivity index (χ4n) is 2.41. The highest BCUT2D eigenvalue weighted by atomic mass is 16.6. The molecule has 1 amide bonds. The zero-order valence-electron chi connectivity index (χ0n) is 12.0. The van der Waals surface area contributed by atoms with Crippen molar-refractivity contribution in [3.8, 4) is 5.75 Å². The molecule has 0 spiro atoms. The molecule has 0 saturated heterocycles. The molecule has 1 atom stereocenters. The molecule has 0 bridgehead atoms. The molecule has 22 heavy (non-hydrogen) atoms. The average Bonchev–Trinajstić information content (AvgIpc) is 2.59. The van der Waals surface area contributed by atoms with Gasteiger partial charge in [-0.2, -0.15) is 0 Å². The standard InChI is InChI=1S/C17H17NO4/c19-10-14-12-21-16-9-5-4-8-15(16)18(14)17(20)22-11-13-6-2-1-3-7-13/h1-9,14,19H,10-12H2. The smallest absolute Gasteiger partial charge is 0.415 e. The number of nitrogens with zero attached hydrogens (tertiary/aromatic N) is 1. The Morgan fingerprint density at radius 3 is 2.68 bits per heavy atom. The van der Waals surface area contributed by atoms with E-state index in [0.29, 0.717) is 11.4 Å². The molecule has 1 N–H and O–H groups in total. The Bertz CT molecular complexity index is 644. The Hall–Kier alpha value is -2.53. The largest absolute Gasteiger partial charge is 0.489 e. The van der Waals surface area contributed by atoms with Gasteiger partial charge in [0.15, 0.2) is 0 Å². The maximum atomic E-state index is 12.4. The highest BCUT2D eigenvalue weighted by Crippen LogP contribution is 2.34. The molecular formula is C17H17NO4. The van der Waals surface area contributed by atoms with Crippen LogP contribution in [-0.2, 0) is 11.3 Å². The first-order valence-corrected chi connectivity index (χ1v) is 7.12. The normalized spacial score (nSPS) is 16.6. The molecule has 3 rings (SSSR count). The Morgan fingerprint density at radius 2 is 1.91 bits per heavy atom. The van der Waals surface area contributed by atoms with Crippen molar-refractivity contribution in [1.29, 1.82) is 0 Å². The van der Waals surface area contributed by atoms with Gasteiger partial charge >= 0.3 is 6.09 Å². The van der Waals surface area contributed by atoms with E-state index in [2.05, 4.69) is 0 Å². The number of para-hydroxylation sites is 2. The van der Waals surface area contributed by atoms with Gasteiger partial charge in [0.25, 0.3) is 0 Å². The van der Waals surface area contributed by atoms with Crippen molar-refractivity contribution >= 4 is 11.8 Å². The van der Waals surface area contributed by atoms with Crippen LogP contribution in [0.4, 0.5) is 10.5 Å². The molecule has 1 aliphatic heterocycles. The van der Waals surface area contributed by atoms with Crippen molar-refractivity contribution in [2.24, 2.45) is 0 Å². The number of carbonyl (C=O) groups excluding carboxylic acids is 1. The summed E-state index contributed by atoms with van der Waals surface area (Å²) < 4.78 is 10.9. The van der Waals surface area contributed by atoms with Crippen molar-refractivity contribution in [3.63, 3.8) is 0 Å². The van der Waals surface area contributed by atoms with Gasteiger partial charge in [0.1, 0.15) is 19.0 Å². The lowest BCUT2D eigenvalue weighted by molar-refractivity contribution is 0.128. The molecule has 1 aliphatic rings. The minimum Gasteiger partial charge on any atom is -0.489 e. The second kappa shape index (κ2) is 6.49. The molecule has 5 nitrogen and oxygen atoms in total. The van der Waals surface area contributed by atoms with Crippen molar-refractivity contribution < 1.29 is 19.4 Å². The van der Waals surface area contributed by atoms with Gasteiger partial charge < -0.3 is 14.6 Å². The molecule has 5 heteroatoms. The minimum absolute atomic E-state index is 0.186. The number of carbonyl (C=O) groups is 1. The van der Waals surface area contributed by atoms with E-state index in [4.69, 9.17) is 9.47 Å². The van der Waals surface area contributed by atoms with Crippen molar-refractivity contribution in [1.82, 2.24) is 0 Å². The van der Waals surface area contributed by atoms with Crippen LogP contribution in [0.15, 0.2) is 54.6 Å². The number of hydrogen-bond acceptors (Lipinski definition) is 4. The Labute approximate surface area is 128 Å². The summed E-state index contributed by atoms with van der Waals surface area (Å²) >= 11 is 0. The summed E-state index contributed by atoms with van der Waals surface area (Å²) in [5, 5.41) is 9.49.